The van der Waals surface area contributed by atoms with Crippen LogP contribution in [0.3, 0.4) is 0 Å². The number of aromatic amines is 1. The minimum atomic E-state index is -3.61. The molecule has 3 unspecified atom stereocenters. The Morgan fingerprint density at radius 2 is 2.02 bits per heavy atom. The zero-order chi connectivity index (χ0) is 28.9. The van der Waals surface area contributed by atoms with E-state index in [0.29, 0.717) is 19.3 Å². The number of ether oxygens (including phenoxy) is 1. The Bertz CT molecular complexity index is 1630. The molecular formula is C26H36N8O5S. The Labute approximate surface area is 232 Å². The second-order valence-electron chi connectivity index (χ2n) is 11.5. The molecule has 3 atom stereocenters. The normalized spacial score (nSPS) is 22.2. The molecule has 0 aliphatic carbocycles. The first-order valence-corrected chi connectivity index (χ1v) is 15.0. The Kier molecular flexibility index (Phi) is 7.33. The van der Waals surface area contributed by atoms with Gasteiger partial charge in [0.15, 0.2) is 17.2 Å². The molecule has 4 heterocycles. The van der Waals surface area contributed by atoms with Crippen molar-refractivity contribution in [3.8, 4) is 0 Å². The second-order valence-corrected chi connectivity index (χ2v) is 13.4. The first-order valence-electron chi connectivity index (χ1n) is 13.2. The van der Waals surface area contributed by atoms with Crippen LogP contribution < -0.4 is 5.73 Å². The number of hydrogen-bond acceptors (Lipinski definition) is 10. The number of nitrogens with two attached hydrogens (primary N) is 1. The van der Waals surface area contributed by atoms with Crippen LogP contribution in [0.4, 0.5) is 5.82 Å². The first-order chi connectivity index (χ1) is 18.8. The molecule has 0 radical (unpaired) electrons. The molecule has 0 amide bonds. The molecule has 1 aromatic carbocycles. The van der Waals surface area contributed by atoms with Gasteiger partial charge in [0.1, 0.15) is 29.9 Å². The number of imidazole rings is 2. The van der Waals surface area contributed by atoms with Crippen LogP contribution in [0.5, 0.6) is 0 Å². The molecule has 1 aliphatic heterocycles. The summed E-state index contributed by atoms with van der Waals surface area (Å²) < 4.78 is 33.4. The molecule has 0 saturated carbocycles. The highest BCUT2D eigenvalue weighted by Crippen LogP contribution is 2.33. The maximum absolute atomic E-state index is 12.6. The van der Waals surface area contributed by atoms with Crippen molar-refractivity contribution in [1.29, 1.82) is 0 Å². The van der Waals surface area contributed by atoms with Crippen LogP contribution in [0.2, 0.25) is 0 Å². The van der Waals surface area contributed by atoms with Crippen molar-refractivity contribution < 1.29 is 23.4 Å². The van der Waals surface area contributed by atoms with Crippen LogP contribution in [0.1, 0.15) is 45.0 Å². The van der Waals surface area contributed by atoms with Crippen LogP contribution in [-0.2, 0) is 32.3 Å². The number of nitrogen functional groups attached to an aromatic ring is 1. The van der Waals surface area contributed by atoms with Gasteiger partial charge in [0.25, 0.3) is 0 Å². The van der Waals surface area contributed by atoms with Crippen LogP contribution in [0.25, 0.3) is 22.2 Å². The standard InChI is InChI=1S/C26H36N8O5S/c1-25(2,3)16-8-9-17-18(11-16)32-20(31-17)7-5-6-10-33(40(4,37)38)12-19-22(35)26(36,13-39-19)34-15-30-21-23(27)28-14-29-24(21)34/h8-9,11,14-15,19,22,35-36H,5-7,10,12-13H2,1-4H3,(H,31,32)(H2,27,28,29). The molecular weight excluding hydrogens is 536 g/mol. The maximum atomic E-state index is 12.6. The van der Waals surface area contributed by atoms with Crippen molar-refractivity contribution >= 4 is 38.0 Å². The molecule has 13 nitrogen and oxygen atoms in total. The Morgan fingerprint density at radius 1 is 1.25 bits per heavy atom. The smallest absolute Gasteiger partial charge is 0.211 e. The van der Waals surface area contributed by atoms with Gasteiger partial charge in [-0.05, 0) is 36.0 Å². The highest BCUT2D eigenvalue weighted by Gasteiger charge is 2.51. The van der Waals surface area contributed by atoms with Gasteiger partial charge in [-0.2, -0.15) is 4.31 Å². The number of unbranched alkanes of at least 4 members (excludes halogenated alkanes) is 1. The van der Waals surface area contributed by atoms with Crippen molar-refractivity contribution in [2.75, 3.05) is 31.7 Å². The summed E-state index contributed by atoms with van der Waals surface area (Å²) in [5.41, 5.74) is 7.60. The number of benzene rings is 1. The number of nitrogens with zero attached hydrogens (tertiary/aromatic N) is 6. The minimum Gasteiger partial charge on any atom is -0.385 e. The first kappa shape index (κ1) is 28.4. The van der Waals surface area contributed by atoms with E-state index in [-0.39, 0.29) is 42.1 Å². The van der Waals surface area contributed by atoms with Gasteiger partial charge < -0.3 is 25.7 Å². The fraction of sp³-hybridized carbons (Fsp3) is 0.538. The molecule has 1 fully saturated rings. The number of aliphatic hydroxyl groups excluding tert-OH is 1. The van der Waals surface area contributed by atoms with Gasteiger partial charge in [0.05, 0.1) is 30.2 Å². The van der Waals surface area contributed by atoms with E-state index in [9.17, 15) is 18.6 Å². The lowest BCUT2D eigenvalue weighted by Gasteiger charge is -2.29. The van der Waals surface area contributed by atoms with E-state index in [1.807, 2.05) is 6.07 Å². The highest BCUT2D eigenvalue weighted by atomic mass is 32.2. The van der Waals surface area contributed by atoms with Crippen LogP contribution >= 0.6 is 0 Å². The molecule has 4 aromatic rings. The molecule has 14 heteroatoms. The number of aliphatic hydroxyl groups is 2. The van der Waals surface area contributed by atoms with Gasteiger partial charge in [-0.25, -0.2) is 28.4 Å². The zero-order valence-corrected chi connectivity index (χ0v) is 23.9. The zero-order valence-electron chi connectivity index (χ0n) is 23.1. The Balaban J connectivity index is 1.22. The summed E-state index contributed by atoms with van der Waals surface area (Å²) in [6, 6.07) is 6.24. The number of H-pyrrole nitrogens is 1. The number of fused-ring (bicyclic) bond motifs is 2. The lowest BCUT2D eigenvalue weighted by atomic mass is 9.87. The van der Waals surface area contributed by atoms with Crippen molar-refractivity contribution in [3.05, 3.63) is 42.2 Å². The number of sulfonamides is 1. The van der Waals surface area contributed by atoms with E-state index in [1.54, 1.807) is 0 Å². The molecule has 5 N–H and O–H groups in total. The minimum absolute atomic E-state index is 0.0375. The maximum Gasteiger partial charge on any atom is 0.211 e. The molecule has 5 rings (SSSR count). The summed E-state index contributed by atoms with van der Waals surface area (Å²) >= 11 is 0. The van der Waals surface area contributed by atoms with Gasteiger partial charge in [0.2, 0.25) is 10.0 Å². The number of hydrogen-bond donors (Lipinski definition) is 4. The topological polar surface area (TPSA) is 185 Å². The third-order valence-electron chi connectivity index (χ3n) is 7.44. The van der Waals surface area contributed by atoms with Crippen molar-refractivity contribution in [1.82, 2.24) is 33.8 Å². The summed E-state index contributed by atoms with van der Waals surface area (Å²) in [5.74, 6) is 0.987. The molecule has 1 aliphatic rings. The van der Waals surface area contributed by atoms with E-state index in [2.05, 4.69) is 57.8 Å². The third-order valence-corrected chi connectivity index (χ3v) is 8.70. The second kappa shape index (κ2) is 10.3. The van der Waals surface area contributed by atoms with Crippen LogP contribution in [0.15, 0.2) is 30.9 Å². The molecule has 0 bridgehead atoms. The molecule has 40 heavy (non-hydrogen) atoms. The molecule has 216 valence electrons. The quantitative estimate of drug-likeness (QED) is 0.213. The lowest BCUT2D eigenvalue weighted by Crippen LogP contribution is -2.49. The summed E-state index contributed by atoms with van der Waals surface area (Å²) in [6.07, 6.45) is 3.20. The number of aromatic nitrogens is 6. The van der Waals surface area contributed by atoms with Crippen LogP contribution in [-0.4, -0.2) is 90.6 Å². The van der Waals surface area contributed by atoms with Crippen molar-refractivity contribution in [2.45, 2.75) is 63.4 Å². The van der Waals surface area contributed by atoms with E-state index in [1.165, 1.54) is 27.1 Å². The largest absolute Gasteiger partial charge is 0.385 e. The summed E-state index contributed by atoms with van der Waals surface area (Å²) in [5, 5.41) is 22.4. The number of aryl methyl sites for hydroxylation is 1. The fourth-order valence-corrected chi connectivity index (χ4v) is 5.90. The summed E-state index contributed by atoms with van der Waals surface area (Å²) in [4.78, 5) is 20.2. The third kappa shape index (κ3) is 5.41. The Hall–Kier alpha value is -3.17. The number of rotatable bonds is 9. The lowest BCUT2D eigenvalue weighted by molar-refractivity contribution is -0.108. The fourth-order valence-electron chi connectivity index (χ4n) is 5.03. The van der Waals surface area contributed by atoms with Gasteiger partial charge in [0, 0.05) is 19.5 Å². The van der Waals surface area contributed by atoms with Crippen molar-refractivity contribution in [2.24, 2.45) is 0 Å². The predicted molar refractivity (Wildman–Crippen MR) is 150 cm³/mol. The SMILES string of the molecule is CC(C)(C)c1ccc2nc(CCCCN(CC3OCC(O)(n4cnc5c(N)ncnc54)C3O)S(C)(=O)=O)[nH]c2c1. The molecule has 3 aromatic heterocycles. The van der Waals surface area contributed by atoms with E-state index in [4.69, 9.17) is 10.5 Å². The van der Waals surface area contributed by atoms with Crippen LogP contribution in [0, 0.1) is 0 Å². The predicted octanol–water partition coefficient (Wildman–Crippen LogP) is 1.27. The monoisotopic (exact) mass is 572 g/mol. The molecule has 1 saturated heterocycles. The summed E-state index contributed by atoms with van der Waals surface area (Å²) in [6.45, 7) is 6.33. The average Bonchev–Trinajstić information content (AvgIpc) is 3.57. The average molecular weight is 573 g/mol. The Morgan fingerprint density at radius 3 is 2.75 bits per heavy atom. The summed E-state index contributed by atoms with van der Waals surface area (Å²) in [7, 11) is -3.61. The number of nitrogens with one attached hydrogen (secondary N) is 1. The number of anilines is 1. The highest BCUT2D eigenvalue weighted by molar-refractivity contribution is 7.88. The molecule has 0 spiro atoms. The van der Waals surface area contributed by atoms with Crippen molar-refractivity contribution in [3.63, 3.8) is 0 Å². The van der Waals surface area contributed by atoms with Gasteiger partial charge in [-0.1, -0.05) is 26.8 Å². The van der Waals surface area contributed by atoms with Gasteiger partial charge in [-0.15, -0.1) is 0 Å². The van der Waals surface area contributed by atoms with E-state index < -0.39 is 28.0 Å². The van der Waals surface area contributed by atoms with Gasteiger partial charge >= 0.3 is 0 Å². The van der Waals surface area contributed by atoms with Gasteiger partial charge in [-0.3, -0.25) is 4.57 Å². The van der Waals surface area contributed by atoms with E-state index in [0.717, 1.165) is 23.1 Å². The van der Waals surface area contributed by atoms with E-state index >= 15 is 0 Å².